The molecule has 1 amide bonds. The van der Waals surface area contributed by atoms with Gasteiger partial charge >= 0.3 is 6.18 Å². The van der Waals surface area contributed by atoms with Crippen LogP contribution in [-0.4, -0.2) is 80.7 Å². The normalized spacial score (nSPS) is 20.5. The van der Waals surface area contributed by atoms with Gasteiger partial charge in [-0.2, -0.15) is 23.5 Å². The molecule has 1 aromatic carbocycles. The molecule has 7 rings (SSSR count). The number of amides is 1. The number of pyridine rings is 1. The van der Waals surface area contributed by atoms with E-state index in [1.165, 1.54) is 17.3 Å². The number of likely N-dealkylation sites (tertiary alicyclic amines) is 1. The van der Waals surface area contributed by atoms with Gasteiger partial charge in [0.1, 0.15) is 17.6 Å². The quantitative estimate of drug-likeness (QED) is 0.265. The smallest absolute Gasteiger partial charge is 0.389 e. The molecule has 2 fully saturated rings. The van der Waals surface area contributed by atoms with Crippen molar-refractivity contribution in [3.05, 3.63) is 58.9 Å². The van der Waals surface area contributed by atoms with Crippen molar-refractivity contribution in [2.45, 2.75) is 51.0 Å². The number of anilines is 1. The zero-order chi connectivity index (χ0) is 32.9. The minimum Gasteiger partial charge on any atom is -0.482 e. The summed E-state index contributed by atoms with van der Waals surface area (Å²) in [7, 11) is 0. The topological polar surface area (TPSA) is 122 Å². The van der Waals surface area contributed by atoms with E-state index >= 15 is 0 Å². The van der Waals surface area contributed by atoms with Crippen LogP contribution >= 0.6 is 11.6 Å². The highest BCUT2D eigenvalue weighted by Gasteiger charge is 2.36. The molecule has 3 aliphatic heterocycles. The van der Waals surface area contributed by atoms with Gasteiger partial charge in [-0.15, -0.1) is 0 Å². The number of carbonyl (C=O) groups is 1. The van der Waals surface area contributed by atoms with E-state index in [9.17, 15) is 23.2 Å². The van der Waals surface area contributed by atoms with Crippen LogP contribution in [0.15, 0.2) is 36.8 Å². The largest absolute Gasteiger partial charge is 0.482 e. The van der Waals surface area contributed by atoms with Crippen molar-refractivity contribution in [3.8, 4) is 22.9 Å². The Labute approximate surface area is 272 Å². The molecule has 0 aliphatic carbocycles. The first-order valence-corrected chi connectivity index (χ1v) is 15.7. The van der Waals surface area contributed by atoms with Gasteiger partial charge in [0.05, 0.1) is 60.0 Å². The van der Waals surface area contributed by atoms with Gasteiger partial charge < -0.3 is 9.47 Å². The Hall–Kier alpha value is -4.32. The zero-order valence-corrected chi connectivity index (χ0v) is 26.1. The Bertz CT molecular complexity index is 1870. The Balaban J connectivity index is 1.30. The number of aryl methyl sites for hydroxylation is 1. The fourth-order valence-corrected chi connectivity index (χ4v) is 6.70. The Morgan fingerprint density at radius 1 is 1.17 bits per heavy atom. The van der Waals surface area contributed by atoms with Crippen molar-refractivity contribution < 1.29 is 27.4 Å². The number of nitrogens with zero attached hydrogens (tertiary/aromatic N) is 8. The van der Waals surface area contributed by atoms with Gasteiger partial charge in [0.15, 0.2) is 12.3 Å². The van der Waals surface area contributed by atoms with Crippen molar-refractivity contribution in [1.82, 2.24) is 29.6 Å². The number of rotatable bonds is 7. The second kappa shape index (κ2) is 12.4. The number of fused-ring (bicyclic) bond motifs is 2. The number of ether oxygens (including phenoxy) is 2. The highest BCUT2D eigenvalue weighted by Crippen LogP contribution is 2.42. The van der Waals surface area contributed by atoms with Gasteiger partial charge in [-0.25, -0.2) is 19.6 Å². The van der Waals surface area contributed by atoms with E-state index in [2.05, 4.69) is 32.8 Å². The Morgan fingerprint density at radius 3 is 2.64 bits per heavy atom. The molecule has 47 heavy (non-hydrogen) atoms. The standard InChI is InChI=1S/C32H30ClF3N8O3/c1-18-13-42(21-15-46-16-21)7-5-25(18)44-31-23(12-40-44)30(22(9-37)24(41-31)4-6-32(34,35)36)19-2-3-26-27(8-19)47-17-29(45)43(26)14-28-38-10-20(33)11-39-28/h2-3,8,10-12,18,21,25H,4-7,13-17H2,1H3/t18-,25-/m1/s1. The zero-order valence-electron chi connectivity index (χ0n) is 25.4. The SMILES string of the molecule is C[C@@H]1CN(C2COC2)CC[C@H]1n1ncc2c(-c3ccc4c(c3)OCC(=O)N4Cc3ncc(Cl)cn3)c(C#N)c(CCC(F)(F)F)nc21. The van der Waals surface area contributed by atoms with Crippen LogP contribution < -0.4 is 9.64 Å². The number of nitriles is 1. The summed E-state index contributed by atoms with van der Waals surface area (Å²) in [6.07, 6.45) is -0.693. The van der Waals surface area contributed by atoms with E-state index in [1.54, 1.807) is 24.4 Å². The highest BCUT2D eigenvalue weighted by molar-refractivity contribution is 6.30. The van der Waals surface area contributed by atoms with E-state index in [1.807, 2.05) is 4.68 Å². The monoisotopic (exact) mass is 666 g/mol. The summed E-state index contributed by atoms with van der Waals surface area (Å²) in [5.74, 6) is 0.644. The van der Waals surface area contributed by atoms with Gasteiger partial charge in [0.25, 0.3) is 5.91 Å². The van der Waals surface area contributed by atoms with Crippen LogP contribution in [0.1, 0.15) is 42.9 Å². The average Bonchev–Trinajstić information content (AvgIpc) is 3.43. The number of hydrogen-bond donors (Lipinski definition) is 0. The summed E-state index contributed by atoms with van der Waals surface area (Å²) in [6.45, 7) is 5.10. The second-order valence-electron chi connectivity index (χ2n) is 12.1. The summed E-state index contributed by atoms with van der Waals surface area (Å²) < 4.78 is 53.3. The van der Waals surface area contributed by atoms with Crippen molar-refractivity contribution in [1.29, 1.82) is 5.26 Å². The minimum absolute atomic E-state index is 0.0324. The molecule has 0 spiro atoms. The number of halogens is 4. The summed E-state index contributed by atoms with van der Waals surface area (Å²) in [4.78, 5) is 29.9. The molecule has 0 bridgehead atoms. The van der Waals surface area contributed by atoms with E-state index in [0.717, 1.165) is 32.7 Å². The number of benzene rings is 1. The van der Waals surface area contributed by atoms with Crippen LogP contribution in [0, 0.1) is 17.2 Å². The van der Waals surface area contributed by atoms with Gasteiger partial charge in [-0.1, -0.05) is 24.6 Å². The summed E-state index contributed by atoms with van der Waals surface area (Å²) in [5, 5.41) is 16.0. The van der Waals surface area contributed by atoms with Crippen LogP contribution in [0.3, 0.4) is 0 Å². The predicted octanol–water partition coefficient (Wildman–Crippen LogP) is 5.12. The number of piperidine rings is 1. The van der Waals surface area contributed by atoms with Crippen LogP contribution in [0.2, 0.25) is 5.02 Å². The maximum atomic E-state index is 13.4. The van der Waals surface area contributed by atoms with Crippen molar-refractivity contribution >= 4 is 34.2 Å². The lowest BCUT2D eigenvalue weighted by Gasteiger charge is -2.44. The summed E-state index contributed by atoms with van der Waals surface area (Å²) in [5.41, 5.74) is 1.97. The first-order chi connectivity index (χ1) is 22.6. The highest BCUT2D eigenvalue weighted by atomic mass is 35.5. The van der Waals surface area contributed by atoms with Gasteiger partial charge in [0, 0.05) is 42.9 Å². The molecule has 0 unspecified atom stereocenters. The average molecular weight is 667 g/mol. The lowest BCUT2D eigenvalue weighted by Crippen LogP contribution is -2.54. The molecule has 15 heteroatoms. The maximum absolute atomic E-state index is 13.4. The molecule has 3 aromatic heterocycles. The van der Waals surface area contributed by atoms with Gasteiger partial charge in [0.2, 0.25) is 0 Å². The van der Waals surface area contributed by atoms with E-state index < -0.39 is 19.0 Å². The van der Waals surface area contributed by atoms with Crippen molar-refractivity contribution in [3.63, 3.8) is 0 Å². The molecule has 11 nitrogen and oxygen atoms in total. The minimum atomic E-state index is -4.43. The van der Waals surface area contributed by atoms with Gasteiger partial charge in [-0.05, 0) is 36.5 Å². The maximum Gasteiger partial charge on any atom is 0.389 e. The fourth-order valence-electron chi connectivity index (χ4n) is 6.60. The number of alkyl halides is 3. The molecule has 2 atom stereocenters. The molecular formula is C32H30ClF3N8O3. The number of hydrogen-bond acceptors (Lipinski definition) is 9. The molecule has 2 saturated heterocycles. The van der Waals surface area contributed by atoms with Crippen LogP contribution in [-0.2, 0) is 22.5 Å². The number of carbonyl (C=O) groups excluding carboxylic acids is 1. The predicted molar refractivity (Wildman–Crippen MR) is 165 cm³/mol. The van der Waals surface area contributed by atoms with Crippen LogP contribution in [0.25, 0.3) is 22.2 Å². The summed E-state index contributed by atoms with van der Waals surface area (Å²) in [6, 6.07) is 7.61. The third kappa shape index (κ3) is 6.10. The first kappa shape index (κ1) is 31.3. The van der Waals surface area contributed by atoms with Gasteiger partial charge in [-0.3, -0.25) is 14.6 Å². The lowest BCUT2D eigenvalue weighted by molar-refractivity contribution is -0.134. The van der Waals surface area contributed by atoms with E-state index in [-0.39, 0.29) is 42.3 Å². The summed E-state index contributed by atoms with van der Waals surface area (Å²) >= 11 is 5.92. The molecule has 0 N–H and O–H groups in total. The molecule has 4 aromatic rings. The van der Waals surface area contributed by atoms with Crippen LogP contribution in [0.4, 0.5) is 18.9 Å². The molecule has 244 valence electrons. The third-order valence-corrected chi connectivity index (χ3v) is 9.28. The van der Waals surface area contributed by atoms with E-state index in [4.69, 9.17) is 26.2 Å². The third-order valence-electron chi connectivity index (χ3n) is 9.08. The molecule has 0 radical (unpaired) electrons. The number of aromatic nitrogens is 5. The van der Waals surface area contributed by atoms with Crippen molar-refractivity contribution in [2.24, 2.45) is 5.92 Å². The van der Waals surface area contributed by atoms with Crippen LogP contribution in [0.5, 0.6) is 5.75 Å². The van der Waals surface area contributed by atoms with Crippen molar-refractivity contribution in [2.75, 3.05) is 37.8 Å². The Kier molecular flexibility index (Phi) is 8.23. The molecular weight excluding hydrogens is 637 g/mol. The first-order valence-electron chi connectivity index (χ1n) is 15.3. The van der Waals surface area contributed by atoms with E-state index in [0.29, 0.717) is 50.5 Å². The second-order valence-corrected chi connectivity index (χ2v) is 12.6. The molecule has 6 heterocycles. The molecule has 3 aliphatic rings. The fraction of sp³-hybridized carbons (Fsp3) is 0.438. The Morgan fingerprint density at radius 2 is 1.96 bits per heavy atom. The lowest BCUT2D eigenvalue weighted by atomic mass is 9.92. The molecule has 0 saturated carbocycles.